The fourth-order valence-corrected chi connectivity index (χ4v) is 2.09. The van der Waals surface area contributed by atoms with Crippen molar-refractivity contribution >= 4 is 11.7 Å². The quantitative estimate of drug-likeness (QED) is 0.480. The van der Waals surface area contributed by atoms with Crippen molar-refractivity contribution in [2.45, 2.75) is 19.8 Å². The Kier molecular flexibility index (Phi) is 3.78. The van der Waals surface area contributed by atoms with Crippen LogP contribution in [0.15, 0.2) is 6.07 Å². The standard InChI is InChI=1S/C13H15NO6/c1-7(2)8-6-9(14(16)17)10(13(15)18-3)12-11(8)19-4-5-20-12/h6-7H,4-5H2,1-3H3. The molecule has 7 heteroatoms. The third-order valence-electron chi connectivity index (χ3n) is 3.03. The number of fused-ring (bicyclic) bond motifs is 1. The number of ether oxygens (including phenoxy) is 3. The van der Waals surface area contributed by atoms with Gasteiger partial charge in [-0.05, 0) is 5.92 Å². The molecule has 1 heterocycles. The molecule has 7 nitrogen and oxygen atoms in total. The van der Waals surface area contributed by atoms with Crippen LogP contribution in [0.3, 0.4) is 0 Å². The predicted octanol–water partition coefficient (Wildman–Crippen LogP) is 2.28. The first-order chi connectivity index (χ1) is 9.47. The Morgan fingerprint density at radius 1 is 1.35 bits per heavy atom. The largest absolute Gasteiger partial charge is 0.486 e. The van der Waals surface area contributed by atoms with Gasteiger partial charge in [0.05, 0.1) is 12.0 Å². The maximum Gasteiger partial charge on any atom is 0.348 e. The van der Waals surface area contributed by atoms with Crippen molar-refractivity contribution in [3.63, 3.8) is 0 Å². The monoisotopic (exact) mass is 281 g/mol. The molecule has 0 unspecified atom stereocenters. The maximum atomic E-state index is 11.8. The van der Waals surface area contributed by atoms with Crippen molar-refractivity contribution in [3.05, 3.63) is 27.3 Å². The number of rotatable bonds is 3. The highest BCUT2D eigenvalue weighted by Gasteiger charge is 2.34. The zero-order valence-corrected chi connectivity index (χ0v) is 11.5. The van der Waals surface area contributed by atoms with Crippen LogP contribution >= 0.6 is 0 Å². The number of benzene rings is 1. The molecule has 2 rings (SSSR count). The lowest BCUT2D eigenvalue weighted by atomic mass is 9.97. The average molecular weight is 281 g/mol. The van der Waals surface area contributed by atoms with Crippen LogP contribution in [-0.2, 0) is 4.74 Å². The lowest BCUT2D eigenvalue weighted by molar-refractivity contribution is -0.385. The molecule has 108 valence electrons. The summed E-state index contributed by atoms with van der Waals surface area (Å²) in [6, 6.07) is 1.35. The Morgan fingerprint density at radius 2 is 1.95 bits per heavy atom. The van der Waals surface area contributed by atoms with Gasteiger partial charge in [0.25, 0.3) is 5.69 Å². The second-order valence-corrected chi connectivity index (χ2v) is 4.62. The van der Waals surface area contributed by atoms with E-state index in [-0.39, 0.29) is 29.5 Å². The third kappa shape index (κ3) is 2.26. The van der Waals surface area contributed by atoms with Gasteiger partial charge in [-0.1, -0.05) is 13.8 Å². The normalized spacial score (nSPS) is 13.2. The van der Waals surface area contributed by atoms with Gasteiger partial charge in [0.2, 0.25) is 0 Å². The molecule has 0 aliphatic carbocycles. The van der Waals surface area contributed by atoms with Gasteiger partial charge in [-0.25, -0.2) is 4.79 Å². The average Bonchev–Trinajstić information content (AvgIpc) is 2.44. The molecule has 0 fully saturated rings. The molecular formula is C13H15NO6. The zero-order valence-electron chi connectivity index (χ0n) is 11.5. The molecule has 0 aromatic heterocycles. The van der Waals surface area contributed by atoms with Crippen LogP contribution in [0.1, 0.15) is 35.7 Å². The summed E-state index contributed by atoms with van der Waals surface area (Å²) in [6.07, 6.45) is 0. The summed E-state index contributed by atoms with van der Waals surface area (Å²) in [4.78, 5) is 22.4. The predicted molar refractivity (Wildman–Crippen MR) is 69.5 cm³/mol. The van der Waals surface area contributed by atoms with Crippen LogP contribution in [0.25, 0.3) is 0 Å². The summed E-state index contributed by atoms with van der Waals surface area (Å²) in [5.74, 6) is -0.331. The molecule has 0 atom stereocenters. The van der Waals surface area contributed by atoms with E-state index in [1.54, 1.807) is 0 Å². The second kappa shape index (κ2) is 5.36. The Morgan fingerprint density at radius 3 is 2.45 bits per heavy atom. The first kappa shape index (κ1) is 14.1. The van der Waals surface area contributed by atoms with E-state index in [2.05, 4.69) is 4.74 Å². The molecule has 1 aliphatic rings. The molecule has 1 aliphatic heterocycles. The minimum Gasteiger partial charge on any atom is -0.486 e. The van der Waals surface area contributed by atoms with Crippen LogP contribution in [0, 0.1) is 10.1 Å². The minimum atomic E-state index is -0.811. The van der Waals surface area contributed by atoms with Crippen molar-refractivity contribution in [1.29, 1.82) is 0 Å². The van der Waals surface area contributed by atoms with Crippen LogP contribution in [-0.4, -0.2) is 31.2 Å². The van der Waals surface area contributed by atoms with Gasteiger partial charge in [-0.3, -0.25) is 10.1 Å². The smallest absolute Gasteiger partial charge is 0.348 e. The summed E-state index contributed by atoms with van der Waals surface area (Å²) in [5, 5.41) is 11.2. The van der Waals surface area contributed by atoms with E-state index in [0.717, 1.165) is 0 Å². The molecule has 0 N–H and O–H groups in total. The molecular weight excluding hydrogens is 266 g/mol. The SMILES string of the molecule is COC(=O)c1c([N+](=O)[O-])cc(C(C)C)c2c1OCCO2. The highest BCUT2D eigenvalue weighted by Crippen LogP contribution is 2.45. The Hall–Kier alpha value is -2.31. The summed E-state index contributed by atoms with van der Waals surface area (Å²) < 4.78 is 15.6. The molecule has 0 saturated heterocycles. The van der Waals surface area contributed by atoms with Crippen LogP contribution < -0.4 is 9.47 Å². The molecule has 1 aromatic rings. The number of hydrogen-bond acceptors (Lipinski definition) is 6. The third-order valence-corrected chi connectivity index (χ3v) is 3.03. The van der Waals surface area contributed by atoms with E-state index in [0.29, 0.717) is 17.9 Å². The number of hydrogen-bond donors (Lipinski definition) is 0. The number of nitro groups is 1. The lowest BCUT2D eigenvalue weighted by Crippen LogP contribution is -2.21. The van der Waals surface area contributed by atoms with Gasteiger partial charge in [0.1, 0.15) is 13.2 Å². The summed E-state index contributed by atoms with van der Waals surface area (Å²) >= 11 is 0. The van der Waals surface area contributed by atoms with Crippen molar-refractivity contribution in [2.24, 2.45) is 0 Å². The van der Waals surface area contributed by atoms with E-state index in [4.69, 9.17) is 9.47 Å². The number of carbonyl (C=O) groups excluding carboxylic acids is 1. The van der Waals surface area contributed by atoms with E-state index in [9.17, 15) is 14.9 Å². The lowest BCUT2D eigenvalue weighted by Gasteiger charge is -2.24. The van der Waals surface area contributed by atoms with Gasteiger partial charge in [-0.2, -0.15) is 0 Å². The van der Waals surface area contributed by atoms with Crippen molar-refractivity contribution < 1.29 is 23.9 Å². The Balaban J connectivity index is 2.77. The van der Waals surface area contributed by atoms with E-state index < -0.39 is 10.9 Å². The molecule has 0 amide bonds. The van der Waals surface area contributed by atoms with Crippen LogP contribution in [0.2, 0.25) is 0 Å². The van der Waals surface area contributed by atoms with Crippen molar-refractivity contribution in [2.75, 3.05) is 20.3 Å². The molecule has 0 saturated carbocycles. The summed E-state index contributed by atoms with van der Waals surface area (Å²) in [6.45, 7) is 4.34. The maximum absolute atomic E-state index is 11.8. The molecule has 1 aromatic carbocycles. The minimum absolute atomic E-state index is 0.00385. The van der Waals surface area contributed by atoms with Crippen LogP contribution in [0.5, 0.6) is 11.5 Å². The van der Waals surface area contributed by atoms with E-state index in [1.165, 1.54) is 13.2 Å². The van der Waals surface area contributed by atoms with Gasteiger partial charge < -0.3 is 14.2 Å². The number of esters is 1. The summed E-state index contributed by atoms with van der Waals surface area (Å²) in [5.41, 5.74) is 0.112. The van der Waals surface area contributed by atoms with Gasteiger partial charge in [0, 0.05) is 11.6 Å². The number of nitrogens with zero attached hydrogens (tertiary/aromatic N) is 1. The van der Waals surface area contributed by atoms with Gasteiger partial charge >= 0.3 is 5.97 Å². The van der Waals surface area contributed by atoms with Crippen molar-refractivity contribution in [1.82, 2.24) is 0 Å². The Bertz CT molecular complexity index is 566. The number of carbonyl (C=O) groups is 1. The van der Waals surface area contributed by atoms with E-state index in [1.807, 2.05) is 13.8 Å². The first-order valence-electron chi connectivity index (χ1n) is 6.16. The Labute approximate surface area is 115 Å². The van der Waals surface area contributed by atoms with E-state index >= 15 is 0 Å². The first-order valence-corrected chi connectivity index (χ1v) is 6.16. The highest BCUT2D eigenvalue weighted by molar-refractivity contribution is 5.98. The van der Waals surface area contributed by atoms with Crippen LogP contribution in [0.4, 0.5) is 5.69 Å². The highest BCUT2D eigenvalue weighted by atomic mass is 16.6. The topological polar surface area (TPSA) is 87.9 Å². The van der Waals surface area contributed by atoms with Crippen molar-refractivity contribution in [3.8, 4) is 11.5 Å². The fraction of sp³-hybridized carbons (Fsp3) is 0.462. The fourth-order valence-electron chi connectivity index (χ4n) is 2.09. The molecule has 0 bridgehead atoms. The zero-order chi connectivity index (χ0) is 14.9. The molecule has 0 radical (unpaired) electrons. The number of methoxy groups -OCH3 is 1. The summed E-state index contributed by atoms with van der Waals surface area (Å²) in [7, 11) is 1.17. The molecule has 20 heavy (non-hydrogen) atoms. The second-order valence-electron chi connectivity index (χ2n) is 4.62. The van der Waals surface area contributed by atoms with Gasteiger partial charge in [-0.15, -0.1) is 0 Å². The van der Waals surface area contributed by atoms with Gasteiger partial charge in [0.15, 0.2) is 17.1 Å². The molecule has 0 spiro atoms. The number of nitro benzene ring substituents is 1.